The van der Waals surface area contributed by atoms with Gasteiger partial charge >= 0.3 is 0 Å². The third kappa shape index (κ3) is 6.55. The number of nitrogens with one attached hydrogen (secondary N) is 1. The van der Waals surface area contributed by atoms with Gasteiger partial charge in [0, 0.05) is 50.7 Å². The lowest BCUT2D eigenvalue weighted by atomic mass is 10.1. The molecule has 1 aromatic carbocycles. The monoisotopic (exact) mass is 509 g/mol. The fourth-order valence-corrected chi connectivity index (χ4v) is 3.05. The second kappa shape index (κ2) is 10.9. The van der Waals surface area contributed by atoms with Crippen LogP contribution in [0.15, 0.2) is 41.7 Å². The van der Waals surface area contributed by atoms with Crippen molar-refractivity contribution in [2.45, 2.75) is 20.3 Å². The number of aryl methyl sites for hydroxylation is 2. The Kier molecular flexibility index (Phi) is 8.62. The number of guanidine groups is 1. The highest BCUT2D eigenvalue weighted by Crippen LogP contribution is 2.14. The molecule has 3 rings (SSSR count). The predicted octanol–water partition coefficient (Wildman–Crippen LogP) is 2.18. The van der Waals surface area contributed by atoms with E-state index in [-0.39, 0.29) is 29.9 Å². The second-order valence-corrected chi connectivity index (χ2v) is 6.86. The Bertz CT molecular complexity index is 836. The first-order valence-corrected chi connectivity index (χ1v) is 9.47. The number of nitrogens with two attached hydrogens (primary N) is 1. The van der Waals surface area contributed by atoms with Crippen LogP contribution in [-0.2, 0) is 4.79 Å². The van der Waals surface area contributed by atoms with Crippen LogP contribution in [0.5, 0.6) is 0 Å². The normalized spacial score (nSPS) is 14.3. The molecule has 1 amide bonds. The molecule has 0 spiro atoms. The summed E-state index contributed by atoms with van der Waals surface area (Å²) >= 11 is 0. The van der Waals surface area contributed by atoms with E-state index in [1.807, 2.05) is 23.1 Å². The van der Waals surface area contributed by atoms with Gasteiger partial charge in [-0.15, -0.1) is 24.0 Å². The number of carbonyl (C=O) groups is 1. The third-order valence-corrected chi connectivity index (χ3v) is 4.85. The number of hydrogen-bond donors (Lipinski definition) is 2. The molecule has 3 N–H and O–H groups in total. The number of halogens is 1. The maximum atomic E-state index is 12.4. The molecule has 1 aliphatic heterocycles. The average Bonchev–Trinajstić information content (AvgIpc) is 2.71. The van der Waals surface area contributed by atoms with E-state index in [9.17, 15) is 4.79 Å². The summed E-state index contributed by atoms with van der Waals surface area (Å²) in [5.41, 5.74) is 9.25. The first-order valence-electron chi connectivity index (χ1n) is 9.47. The second-order valence-electron chi connectivity index (χ2n) is 6.86. The van der Waals surface area contributed by atoms with E-state index in [2.05, 4.69) is 39.0 Å². The molecule has 0 aliphatic carbocycles. The molecule has 2 heterocycles. The van der Waals surface area contributed by atoms with Crippen molar-refractivity contribution in [1.82, 2.24) is 14.9 Å². The Hall–Kier alpha value is -2.43. The van der Waals surface area contributed by atoms with E-state index in [4.69, 9.17) is 5.73 Å². The first-order chi connectivity index (χ1) is 13.5. The quantitative estimate of drug-likeness (QED) is 0.364. The molecule has 1 aliphatic rings. The summed E-state index contributed by atoms with van der Waals surface area (Å²) in [5.74, 6) is 1.13. The molecule has 0 radical (unpaired) electrons. The Balaban J connectivity index is 0.00000300. The summed E-state index contributed by atoms with van der Waals surface area (Å²) in [6, 6.07) is 7.82. The van der Waals surface area contributed by atoms with Crippen LogP contribution >= 0.6 is 24.0 Å². The van der Waals surface area contributed by atoms with Gasteiger partial charge in [-0.2, -0.15) is 0 Å². The van der Waals surface area contributed by atoms with Gasteiger partial charge in [0.1, 0.15) is 0 Å². The van der Waals surface area contributed by atoms with Crippen molar-refractivity contribution in [3.8, 4) is 0 Å². The number of rotatable bonds is 5. The molecule has 2 aromatic rings. The van der Waals surface area contributed by atoms with Crippen molar-refractivity contribution in [1.29, 1.82) is 0 Å². The van der Waals surface area contributed by atoms with Gasteiger partial charge in [0.05, 0.1) is 6.54 Å². The minimum atomic E-state index is 0. The average molecular weight is 509 g/mol. The molecule has 0 unspecified atom stereocenters. The number of aliphatic imine (C=N–C) groups is 1. The number of amides is 1. The fraction of sp³-hybridized carbons (Fsp3) is 0.400. The maximum Gasteiger partial charge on any atom is 0.225 e. The molecule has 0 atom stereocenters. The van der Waals surface area contributed by atoms with E-state index in [1.54, 1.807) is 18.5 Å². The molecule has 1 fully saturated rings. The predicted molar refractivity (Wildman–Crippen MR) is 127 cm³/mol. The number of piperazine rings is 1. The molecular weight excluding hydrogens is 481 g/mol. The Labute approximate surface area is 188 Å². The van der Waals surface area contributed by atoms with Crippen LogP contribution in [0.3, 0.4) is 0 Å². The van der Waals surface area contributed by atoms with Crippen LogP contribution < -0.4 is 16.0 Å². The largest absolute Gasteiger partial charge is 0.370 e. The van der Waals surface area contributed by atoms with Crippen LogP contribution in [0.2, 0.25) is 0 Å². The van der Waals surface area contributed by atoms with Gasteiger partial charge in [-0.25, -0.2) is 9.97 Å². The van der Waals surface area contributed by atoms with Crippen molar-refractivity contribution >= 4 is 47.5 Å². The van der Waals surface area contributed by atoms with Gasteiger partial charge < -0.3 is 20.9 Å². The SMILES string of the molecule is Cc1ccc(NC(N)=NCCC(=O)N2CCN(c3ncccn3)CC2)cc1C.I. The van der Waals surface area contributed by atoms with Crippen LogP contribution in [0, 0.1) is 13.8 Å². The van der Waals surface area contributed by atoms with Gasteiger partial charge in [-0.3, -0.25) is 9.79 Å². The standard InChI is InChI=1S/C20H27N7O.HI/c1-15-4-5-17(14-16(15)2)25-19(21)22-9-6-18(28)26-10-12-27(13-11-26)20-23-7-3-8-24-20;/h3-5,7-8,14H,6,9-13H2,1-2H3,(H3,21,22,25);1H. The summed E-state index contributed by atoms with van der Waals surface area (Å²) in [6.07, 6.45) is 3.81. The highest BCUT2D eigenvalue weighted by Gasteiger charge is 2.21. The highest BCUT2D eigenvalue weighted by molar-refractivity contribution is 14.0. The zero-order chi connectivity index (χ0) is 19.9. The number of hydrogen-bond acceptors (Lipinski definition) is 5. The summed E-state index contributed by atoms with van der Waals surface area (Å²) in [7, 11) is 0. The van der Waals surface area contributed by atoms with Gasteiger partial charge in [0.2, 0.25) is 11.9 Å². The van der Waals surface area contributed by atoms with Crippen molar-refractivity contribution in [2.24, 2.45) is 10.7 Å². The lowest BCUT2D eigenvalue weighted by Crippen LogP contribution is -2.49. The van der Waals surface area contributed by atoms with Crippen LogP contribution in [0.25, 0.3) is 0 Å². The van der Waals surface area contributed by atoms with Crippen LogP contribution in [0.1, 0.15) is 17.5 Å². The Morgan fingerprint density at radius 1 is 1.14 bits per heavy atom. The summed E-state index contributed by atoms with van der Waals surface area (Å²) < 4.78 is 0. The minimum Gasteiger partial charge on any atom is -0.370 e. The van der Waals surface area contributed by atoms with Crippen molar-refractivity contribution < 1.29 is 4.79 Å². The smallest absolute Gasteiger partial charge is 0.225 e. The summed E-state index contributed by atoms with van der Waals surface area (Å²) in [5, 5.41) is 3.07. The summed E-state index contributed by atoms with van der Waals surface area (Å²) in [4.78, 5) is 29.2. The lowest BCUT2D eigenvalue weighted by Gasteiger charge is -2.34. The van der Waals surface area contributed by atoms with Gasteiger partial charge in [-0.1, -0.05) is 6.07 Å². The molecule has 9 heteroatoms. The minimum absolute atomic E-state index is 0. The molecule has 1 saturated heterocycles. The van der Waals surface area contributed by atoms with E-state index >= 15 is 0 Å². The van der Waals surface area contributed by atoms with Crippen molar-refractivity contribution in [2.75, 3.05) is 42.9 Å². The fourth-order valence-electron chi connectivity index (χ4n) is 3.05. The molecule has 8 nitrogen and oxygen atoms in total. The van der Waals surface area contributed by atoms with Crippen molar-refractivity contribution in [3.63, 3.8) is 0 Å². The Morgan fingerprint density at radius 3 is 2.48 bits per heavy atom. The number of nitrogens with zero attached hydrogens (tertiary/aromatic N) is 5. The highest BCUT2D eigenvalue weighted by atomic mass is 127. The number of anilines is 2. The Morgan fingerprint density at radius 2 is 1.83 bits per heavy atom. The van der Waals surface area contributed by atoms with Gasteiger partial charge in [0.15, 0.2) is 5.96 Å². The molecule has 0 bridgehead atoms. The zero-order valence-corrected chi connectivity index (χ0v) is 19.2. The summed E-state index contributed by atoms with van der Waals surface area (Å²) in [6.45, 7) is 7.27. The van der Waals surface area contributed by atoms with Crippen LogP contribution in [-0.4, -0.2) is 59.5 Å². The molecule has 0 saturated carbocycles. The third-order valence-electron chi connectivity index (χ3n) is 4.85. The number of benzene rings is 1. The van der Waals surface area contributed by atoms with Gasteiger partial charge in [0.25, 0.3) is 0 Å². The topological polar surface area (TPSA) is 99.7 Å². The molecular formula is C20H28IN7O. The van der Waals surface area contributed by atoms with E-state index in [0.717, 1.165) is 18.8 Å². The molecule has 156 valence electrons. The van der Waals surface area contributed by atoms with E-state index in [1.165, 1.54) is 11.1 Å². The van der Waals surface area contributed by atoms with E-state index in [0.29, 0.717) is 38.0 Å². The van der Waals surface area contributed by atoms with Crippen LogP contribution in [0.4, 0.5) is 11.6 Å². The lowest BCUT2D eigenvalue weighted by molar-refractivity contribution is -0.131. The van der Waals surface area contributed by atoms with Gasteiger partial charge in [-0.05, 0) is 43.2 Å². The van der Waals surface area contributed by atoms with Crippen molar-refractivity contribution in [3.05, 3.63) is 47.8 Å². The molecule has 1 aromatic heterocycles. The zero-order valence-electron chi connectivity index (χ0n) is 16.8. The van der Waals surface area contributed by atoms with E-state index < -0.39 is 0 Å². The maximum absolute atomic E-state index is 12.4. The molecule has 29 heavy (non-hydrogen) atoms. The first kappa shape index (κ1) is 22.9. The number of aromatic nitrogens is 2. The number of carbonyl (C=O) groups excluding carboxylic acids is 1.